The van der Waals surface area contributed by atoms with Crippen molar-refractivity contribution in [1.82, 2.24) is 9.97 Å². The molecule has 0 unspecified atom stereocenters. The molecule has 1 aliphatic heterocycles. The number of anilines is 3. The van der Waals surface area contributed by atoms with Gasteiger partial charge in [-0.05, 0) is 30.3 Å². The van der Waals surface area contributed by atoms with Crippen molar-refractivity contribution >= 4 is 34.8 Å². The van der Waals surface area contributed by atoms with Crippen molar-refractivity contribution in [2.24, 2.45) is 0 Å². The van der Waals surface area contributed by atoms with Crippen LogP contribution in [0.1, 0.15) is 5.56 Å². The first-order chi connectivity index (χ1) is 13.8. The lowest BCUT2D eigenvalue weighted by Gasteiger charge is -2.12. The van der Waals surface area contributed by atoms with Gasteiger partial charge in [0, 0.05) is 34.1 Å². The standard InChI is InChI=1S/C19H12ClF3N4O2/c20-11-4-5-14-15(7-11)26-16(28)6-10-9-24-18(27-17(10)14)25-12-2-1-3-13(8-12)29-19(21,22)23/h1-5,7-9H,6H2,(H,26,28)(H,24,25,27). The third-order valence-electron chi connectivity index (χ3n) is 4.05. The second-order valence-electron chi connectivity index (χ2n) is 6.18. The minimum absolute atomic E-state index is 0.0802. The molecule has 0 aliphatic carbocycles. The minimum Gasteiger partial charge on any atom is -0.406 e. The predicted molar refractivity (Wildman–Crippen MR) is 101 cm³/mol. The van der Waals surface area contributed by atoms with Gasteiger partial charge in [0.15, 0.2) is 0 Å². The molecule has 2 N–H and O–H groups in total. The molecule has 1 amide bonds. The van der Waals surface area contributed by atoms with Crippen LogP contribution in [0.3, 0.4) is 0 Å². The topological polar surface area (TPSA) is 76.1 Å². The second kappa shape index (κ2) is 7.25. The quantitative estimate of drug-likeness (QED) is 0.628. The molecule has 0 atom stereocenters. The summed E-state index contributed by atoms with van der Waals surface area (Å²) in [7, 11) is 0. The Morgan fingerprint density at radius 3 is 2.79 bits per heavy atom. The van der Waals surface area contributed by atoms with Crippen molar-refractivity contribution < 1.29 is 22.7 Å². The lowest BCUT2D eigenvalue weighted by molar-refractivity contribution is -0.274. The van der Waals surface area contributed by atoms with E-state index in [9.17, 15) is 18.0 Å². The third kappa shape index (κ3) is 4.40. The van der Waals surface area contributed by atoms with E-state index in [-0.39, 0.29) is 24.0 Å². The van der Waals surface area contributed by atoms with E-state index in [1.165, 1.54) is 24.4 Å². The van der Waals surface area contributed by atoms with Crippen LogP contribution >= 0.6 is 11.6 Å². The summed E-state index contributed by atoms with van der Waals surface area (Å²) in [6, 6.07) is 10.4. The normalized spacial score (nSPS) is 13.0. The van der Waals surface area contributed by atoms with Gasteiger partial charge in [0.25, 0.3) is 0 Å². The molecule has 29 heavy (non-hydrogen) atoms. The highest BCUT2D eigenvalue weighted by molar-refractivity contribution is 6.31. The molecule has 0 saturated carbocycles. The fourth-order valence-corrected chi connectivity index (χ4v) is 3.10. The van der Waals surface area contributed by atoms with Crippen LogP contribution in [0.4, 0.5) is 30.5 Å². The van der Waals surface area contributed by atoms with Crippen LogP contribution in [0.2, 0.25) is 5.02 Å². The number of nitrogens with zero attached hydrogens (tertiary/aromatic N) is 2. The number of halogens is 4. The SMILES string of the molecule is O=C1Cc2cnc(Nc3cccc(OC(F)(F)F)c3)nc2-c2ccc(Cl)cc2N1. The maximum absolute atomic E-state index is 12.4. The third-order valence-corrected chi connectivity index (χ3v) is 4.29. The van der Waals surface area contributed by atoms with Gasteiger partial charge in [-0.25, -0.2) is 9.97 Å². The monoisotopic (exact) mass is 420 g/mol. The number of nitrogens with one attached hydrogen (secondary N) is 2. The van der Waals surface area contributed by atoms with E-state index in [4.69, 9.17) is 11.6 Å². The maximum Gasteiger partial charge on any atom is 0.573 e. The van der Waals surface area contributed by atoms with E-state index < -0.39 is 6.36 Å². The molecule has 3 aromatic rings. The number of carbonyl (C=O) groups excluding carboxylic acids is 1. The Morgan fingerprint density at radius 2 is 2.00 bits per heavy atom. The Kier molecular flexibility index (Phi) is 4.75. The molecule has 6 nitrogen and oxygen atoms in total. The number of hydrogen-bond acceptors (Lipinski definition) is 5. The average Bonchev–Trinajstić information content (AvgIpc) is 2.75. The van der Waals surface area contributed by atoms with Crippen molar-refractivity contribution in [3.63, 3.8) is 0 Å². The number of aromatic nitrogens is 2. The molecule has 148 valence electrons. The molecule has 2 heterocycles. The maximum atomic E-state index is 12.4. The minimum atomic E-state index is -4.79. The summed E-state index contributed by atoms with van der Waals surface area (Å²) in [6.45, 7) is 0. The predicted octanol–water partition coefficient (Wildman–Crippen LogP) is 4.93. The summed E-state index contributed by atoms with van der Waals surface area (Å²) < 4.78 is 41.2. The number of hydrogen-bond donors (Lipinski definition) is 2. The van der Waals surface area contributed by atoms with Crippen LogP contribution in [0.15, 0.2) is 48.7 Å². The van der Waals surface area contributed by atoms with Gasteiger partial charge in [0.1, 0.15) is 5.75 Å². The zero-order valence-corrected chi connectivity index (χ0v) is 15.3. The molecular formula is C19H12ClF3N4O2. The molecule has 0 spiro atoms. The van der Waals surface area contributed by atoms with Gasteiger partial charge in [0.05, 0.1) is 17.8 Å². The van der Waals surface area contributed by atoms with Gasteiger partial charge in [-0.15, -0.1) is 13.2 Å². The van der Waals surface area contributed by atoms with Crippen LogP contribution < -0.4 is 15.4 Å². The number of ether oxygens (including phenoxy) is 1. The van der Waals surface area contributed by atoms with E-state index in [0.29, 0.717) is 33.2 Å². The van der Waals surface area contributed by atoms with Crippen LogP contribution in [-0.2, 0) is 11.2 Å². The van der Waals surface area contributed by atoms with E-state index in [0.717, 1.165) is 0 Å². The Bertz CT molecular complexity index is 1110. The van der Waals surface area contributed by atoms with Gasteiger partial charge < -0.3 is 15.4 Å². The Hall–Kier alpha value is -3.33. The first-order valence-electron chi connectivity index (χ1n) is 8.35. The number of amides is 1. The molecule has 1 aliphatic rings. The Balaban J connectivity index is 1.68. The number of alkyl halides is 3. The molecule has 10 heteroatoms. The summed E-state index contributed by atoms with van der Waals surface area (Å²) >= 11 is 6.02. The summed E-state index contributed by atoms with van der Waals surface area (Å²) in [5.41, 5.74) is 2.63. The van der Waals surface area contributed by atoms with Crippen molar-refractivity contribution in [2.75, 3.05) is 10.6 Å². The smallest absolute Gasteiger partial charge is 0.406 e. The van der Waals surface area contributed by atoms with Crippen molar-refractivity contribution in [3.8, 4) is 17.0 Å². The molecule has 0 bridgehead atoms. The second-order valence-corrected chi connectivity index (χ2v) is 6.62. The van der Waals surface area contributed by atoms with E-state index in [2.05, 4.69) is 25.3 Å². The molecule has 2 aromatic carbocycles. The van der Waals surface area contributed by atoms with Crippen LogP contribution in [0, 0.1) is 0 Å². The Labute approximate surface area is 167 Å². The van der Waals surface area contributed by atoms with E-state index >= 15 is 0 Å². The van der Waals surface area contributed by atoms with Crippen molar-refractivity contribution in [1.29, 1.82) is 0 Å². The van der Waals surface area contributed by atoms with Crippen LogP contribution in [0.25, 0.3) is 11.3 Å². The highest BCUT2D eigenvalue weighted by atomic mass is 35.5. The molecule has 0 saturated heterocycles. The molecule has 0 radical (unpaired) electrons. The van der Waals surface area contributed by atoms with Gasteiger partial charge in [-0.3, -0.25) is 4.79 Å². The first-order valence-corrected chi connectivity index (χ1v) is 8.73. The lowest BCUT2D eigenvalue weighted by atomic mass is 10.1. The largest absolute Gasteiger partial charge is 0.573 e. The fraction of sp³-hybridized carbons (Fsp3) is 0.105. The molecule has 4 rings (SSSR count). The molecule has 1 aromatic heterocycles. The highest BCUT2D eigenvalue weighted by Crippen LogP contribution is 2.35. The summed E-state index contributed by atoms with van der Waals surface area (Å²) in [6.07, 6.45) is -3.20. The van der Waals surface area contributed by atoms with E-state index in [1.807, 2.05) is 0 Å². The average molecular weight is 421 g/mol. The van der Waals surface area contributed by atoms with E-state index in [1.54, 1.807) is 24.3 Å². The highest BCUT2D eigenvalue weighted by Gasteiger charge is 2.31. The van der Waals surface area contributed by atoms with Gasteiger partial charge in [-0.2, -0.15) is 0 Å². The fourth-order valence-electron chi connectivity index (χ4n) is 2.92. The number of benzene rings is 2. The van der Waals surface area contributed by atoms with Gasteiger partial charge in [0.2, 0.25) is 11.9 Å². The molecular weight excluding hydrogens is 409 g/mol. The number of rotatable bonds is 3. The molecule has 0 fully saturated rings. The lowest BCUT2D eigenvalue weighted by Crippen LogP contribution is -2.17. The zero-order valence-electron chi connectivity index (χ0n) is 14.5. The summed E-state index contributed by atoms with van der Waals surface area (Å²) in [5.74, 6) is -0.441. The van der Waals surface area contributed by atoms with Gasteiger partial charge in [-0.1, -0.05) is 17.7 Å². The zero-order chi connectivity index (χ0) is 20.6. The van der Waals surface area contributed by atoms with Crippen molar-refractivity contribution in [3.05, 3.63) is 59.2 Å². The number of fused-ring (bicyclic) bond motifs is 3. The summed E-state index contributed by atoms with van der Waals surface area (Å²) in [5, 5.41) is 6.09. The van der Waals surface area contributed by atoms with Crippen molar-refractivity contribution in [2.45, 2.75) is 12.8 Å². The van der Waals surface area contributed by atoms with Crippen LogP contribution in [-0.4, -0.2) is 22.2 Å². The number of carbonyl (C=O) groups is 1. The summed E-state index contributed by atoms with van der Waals surface area (Å²) in [4.78, 5) is 20.7. The van der Waals surface area contributed by atoms with Gasteiger partial charge >= 0.3 is 6.36 Å². The first kappa shape index (κ1) is 19.0. The van der Waals surface area contributed by atoms with Crippen LogP contribution in [0.5, 0.6) is 5.75 Å². The Morgan fingerprint density at radius 1 is 1.17 bits per heavy atom.